The van der Waals surface area contributed by atoms with Crippen LogP contribution in [0.1, 0.15) is 15.9 Å². The molecule has 3 N–H and O–H groups in total. The first-order chi connectivity index (χ1) is 9.70. The molecular weight excluding hydrogens is 296 g/mol. The zero-order chi connectivity index (χ0) is 16.2. The third kappa shape index (κ3) is 3.89. The number of aliphatic carboxylic acids is 1. The first-order valence-electron chi connectivity index (χ1n) is 5.93. The van der Waals surface area contributed by atoms with Crippen molar-refractivity contribution in [3.8, 4) is 0 Å². The quantitative estimate of drug-likeness (QED) is 0.705. The van der Waals surface area contributed by atoms with Crippen LogP contribution in [-0.2, 0) is 14.8 Å². The number of hydrogen-bond donors (Lipinski definition) is 2. The molecule has 0 saturated heterocycles. The summed E-state index contributed by atoms with van der Waals surface area (Å²) >= 11 is 0. The molecule has 7 nitrogen and oxygen atoms in total. The maximum absolute atomic E-state index is 12.4. The maximum Gasteiger partial charge on any atom is 0.318 e. The van der Waals surface area contributed by atoms with Crippen LogP contribution in [0.4, 0.5) is 0 Å². The van der Waals surface area contributed by atoms with Gasteiger partial charge in [0.05, 0.1) is 4.90 Å². The summed E-state index contributed by atoms with van der Waals surface area (Å²) in [7, 11) is -4.06. The van der Waals surface area contributed by atoms with Gasteiger partial charge in [0.15, 0.2) is 0 Å². The van der Waals surface area contributed by atoms with Crippen LogP contribution in [0.15, 0.2) is 35.7 Å². The predicted molar refractivity (Wildman–Crippen MR) is 76.3 cm³/mol. The minimum absolute atomic E-state index is 0.0740. The third-order valence-corrected chi connectivity index (χ3v) is 4.56. The van der Waals surface area contributed by atoms with Gasteiger partial charge >= 0.3 is 5.97 Å². The average molecular weight is 312 g/mol. The fourth-order valence-corrected chi connectivity index (χ4v) is 3.11. The van der Waals surface area contributed by atoms with Gasteiger partial charge in [-0.05, 0) is 24.6 Å². The number of sulfonamides is 1. The molecule has 114 valence electrons. The smallest absolute Gasteiger partial charge is 0.318 e. The second-order valence-electron chi connectivity index (χ2n) is 4.32. The zero-order valence-corrected chi connectivity index (χ0v) is 12.3. The van der Waals surface area contributed by atoms with Gasteiger partial charge in [0.2, 0.25) is 15.9 Å². The summed E-state index contributed by atoms with van der Waals surface area (Å²) in [5.74, 6) is -2.04. The summed E-state index contributed by atoms with van der Waals surface area (Å²) in [6.07, 6.45) is 1.28. The summed E-state index contributed by atoms with van der Waals surface area (Å²) in [5, 5.41) is 8.79. The van der Waals surface area contributed by atoms with Gasteiger partial charge in [-0.2, -0.15) is 4.31 Å². The van der Waals surface area contributed by atoms with E-state index in [1.807, 2.05) is 0 Å². The van der Waals surface area contributed by atoms with E-state index < -0.39 is 28.4 Å². The Balaban J connectivity index is 3.34. The zero-order valence-electron chi connectivity index (χ0n) is 11.4. The molecule has 0 spiro atoms. The fourth-order valence-electron chi connectivity index (χ4n) is 1.72. The van der Waals surface area contributed by atoms with E-state index >= 15 is 0 Å². The second kappa shape index (κ2) is 6.51. The van der Waals surface area contributed by atoms with Gasteiger partial charge in [-0.25, -0.2) is 8.42 Å². The number of amides is 1. The van der Waals surface area contributed by atoms with Gasteiger partial charge in [0.1, 0.15) is 6.54 Å². The second-order valence-corrected chi connectivity index (χ2v) is 6.26. The van der Waals surface area contributed by atoms with E-state index in [2.05, 4.69) is 6.58 Å². The van der Waals surface area contributed by atoms with Gasteiger partial charge in [0, 0.05) is 12.1 Å². The number of benzene rings is 1. The topological polar surface area (TPSA) is 118 Å². The molecule has 0 unspecified atom stereocenters. The maximum atomic E-state index is 12.4. The first-order valence-corrected chi connectivity index (χ1v) is 7.37. The van der Waals surface area contributed by atoms with E-state index in [0.29, 0.717) is 5.56 Å². The summed E-state index contributed by atoms with van der Waals surface area (Å²) in [4.78, 5) is 21.9. The summed E-state index contributed by atoms with van der Waals surface area (Å²) in [5.41, 5.74) is 5.80. The van der Waals surface area contributed by atoms with Crippen LogP contribution in [0.25, 0.3) is 0 Å². The molecule has 0 saturated carbocycles. The minimum atomic E-state index is -4.06. The lowest BCUT2D eigenvalue weighted by Gasteiger charge is -2.19. The van der Waals surface area contributed by atoms with E-state index in [4.69, 9.17) is 10.8 Å². The highest BCUT2D eigenvalue weighted by Gasteiger charge is 2.26. The van der Waals surface area contributed by atoms with Crippen LogP contribution in [0.2, 0.25) is 0 Å². The number of aryl methyl sites for hydroxylation is 1. The van der Waals surface area contributed by atoms with Gasteiger partial charge in [-0.15, -0.1) is 6.58 Å². The van der Waals surface area contributed by atoms with Gasteiger partial charge in [0.25, 0.3) is 0 Å². The summed E-state index contributed by atoms with van der Waals surface area (Å²) in [6.45, 7) is 4.16. The number of hydrogen-bond acceptors (Lipinski definition) is 4. The molecule has 1 amide bonds. The Morgan fingerprint density at radius 1 is 1.43 bits per heavy atom. The number of nitrogens with zero attached hydrogens (tertiary/aromatic N) is 1. The number of primary amides is 1. The monoisotopic (exact) mass is 312 g/mol. The highest BCUT2D eigenvalue weighted by Crippen LogP contribution is 2.19. The molecule has 1 aromatic rings. The average Bonchev–Trinajstić information content (AvgIpc) is 2.37. The van der Waals surface area contributed by atoms with Crippen LogP contribution in [-0.4, -0.2) is 42.8 Å². The lowest BCUT2D eigenvalue weighted by atomic mass is 10.1. The van der Waals surface area contributed by atoms with Gasteiger partial charge in [-0.3, -0.25) is 9.59 Å². The van der Waals surface area contributed by atoms with Crippen molar-refractivity contribution in [3.63, 3.8) is 0 Å². The molecule has 1 rings (SSSR count). The van der Waals surface area contributed by atoms with Gasteiger partial charge in [-0.1, -0.05) is 12.1 Å². The third-order valence-electron chi connectivity index (χ3n) is 2.76. The van der Waals surface area contributed by atoms with Crippen molar-refractivity contribution in [2.75, 3.05) is 13.1 Å². The Morgan fingerprint density at radius 2 is 2.05 bits per heavy atom. The SMILES string of the molecule is C=CCN(CC(=O)O)S(=O)(=O)c1ccc(C)c(C(N)=O)c1. The number of carboxylic acid groups (broad SMARTS) is 1. The van der Waals surface area contributed by atoms with Crippen molar-refractivity contribution in [2.24, 2.45) is 5.73 Å². The predicted octanol–water partition coefficient (Wildman–Crippen LogP) is 0.355. The first kappa shape index (κ1) is 16.9. The van der Waals surface area contributed by atoms with E-state index in [1.165, 1.54) is 18.2 Å². The number of carboxylic acids is 1. The van der Waals surface area contributed by atoms with E-state index in [9.17, 15) is 18.0 Å². The largest absolute Gasteiger partial charge is 0.480 e. The lowest BCUT2D eigenvalue weighted by Crippen LogP contribution is -2.36. The lowest BCUT2D eigenvalue weighted by molar-refractivity contribution is -0.137. The molecule has 0 aliphatic carbocycles. The highest BCUT2D eigenvalue weighted by molar-refractivity contribution is 7.89. The van der Waals surface area contributed by atoms with Crippen LogP contribution in [0.5, 0.6) is 0 Å². The number of carbonyl (C=O) groups excluding carboxylic acids is 1. The molecule has 8 heteroatoms. The van der Waals surface area contributed by atoms with Crippen LogP contribution < -0.4 is 5.73 Å². The Bertz CT molecular complexity index is 682. The van der Waals surface area contributed by atoms with E-state index in [0.717, 1.165) is 10.4 Å². The van der Waals surface area contributed by atoms with Crippen molar-refractivity contribution in [3.05, 3.63) is 42.0 Å². The summed E-state index contributed by atoms with van der Waals surface area (Å²) < 4.78 is 25.6. The van der Waals surface area contributed by atoms with E-state index in [1.54, 1.807) is 6.92 Å². The molecule has 0 atom stereocenters. The Kier molecular flexibility index (Phi) is 5.23. The van der Waals surface area contributed by atoms with Crippen molar-refractivity contribution in [2.45, 2.75) is 11.8 Å². The number of nitrogens with two attached hydrogens (primary N) is 1. The molecular formula is C13H16N2O5S. The highest BCUT2D eigenvalue weighted by atomic mass is 32.2. The Morgan fingerprint density at radius 3 is 2.52 bits per heavy atom. The van der Waals surface area contributed by atoms with Gasteiger partial charge < -0.3 is 10.8 Å². The standard InChI is InChI=1S/C13H16N2O5S/c1-3-6-15(8-12(16)17)21(19,20)10-5-4-9(2)11(7-10)13(14)18/h3-5,7H,1,6,8H2,2H3,(H2,14,18)(H,16,17). The van der Waals surface area contributed by atoms with Crippen molar-refractivity contribution < 1.29 is 23.1 Å². The molecule has 0 radical (unpaired) electrons. The van der Waals surface area contributed by atoms with Crippen LogP contribution in [0.3, 0.4) is 0 Å². The Labute approximate surface area is 122 Å². The fraction of sp³-hybridized carbons (Fsp3) is 0.231. The molecule has 0 aromatic heterocycles. The molecule has 0 fully saturated rings. The molecule has 0 aliphatic heterocycles. The molecule has 21 heavy (non-hydrogen) atoms. The number of carbonyl (C=O) groups is 2. The van der Waals surface area contributed by atoms with Crippen molar-refractivity contribution >= 4 is 21.9 Å². The van der Waals surface area contributed by atoms with Crippen molar-refractivity contribution in [1.29, 1.82) is 0 Å². The Hall–Kier alpha value is -2.19. The summed E-state index contributed by atoms with van der Waals surface area (Å²) in [6, 6.07) is 3.89. The molecule has 1 aromatic carbocycles. The molecule has 0 bridgehead atoms. The van der Waals surface area contributed by atoms with E-state index in [-0.39, 0.29) is 17.0 Å². The molecule has 0 aliphatic rings. The minimum Gasteiger partial charge on any atom is -0.480 e. The van der Waals surface area contributed by atoms with Crippen molar-refractivity contribution in [1.82, 2.24) is 4.31 Å². The van der Waals surface area contributed by atoms with Crippen LogP contribution in [0, 0.1) is 6.92 Å². The number of rotatable bonds is 7. The van der Waals surface area contributed by atoms with Crippen LogP contribution >= 0.6 is 0 Å². The molecule has 0 heterocycles. The normalized spacial score (nSPS) is 11.3.